The Morgan fingerprint density at radius 1 is 1.00 bits per heavy atom. The molecule has 0 atom stereocenters. The topological polar surface area (TPSA) is 50.3 Å². The smallest absolute Gasteiger partial charge is 0.185 e. The van der Waals surface area contributed by atoms with Crippen molar-refractivity contribution in [2.24, 2.45) is 0 Å². The zero-order chi connectivity index (χ0) is 20.6. The molecule has 1 fully saturated rings. The standard InChI is InChI=1S/C20H17Cl3N2O2S2/c21-13-5-6-15(17(23)11-13)18-12-28-20(24-18)25-9-7-14(8-10-25)29(26,27)19-4-2-1-3-16(19)22/h1-6,11-12,14H,7-10H2. The molecular weight excluding hydrogens is 471 g/mol. The van der Waals surface area contributed by atoms with E-state index in [0.717, 1.165) is 16.4 Å². The first-order chi connectivity index (χ1) is 13.9. The van der Waals surface area contributed by atoms with Crippen molar-refractivity contribution in [3.8, 4) is 11.3 Å². The number of aromatic nitrogens is 1. The van der Waals surface area contributed by atoms with Crippen LogP contribution in [0.1, 0.15) is 12.8 Å². The Morgan fingerprint density at radius 3 is 2.41 bits per heavy atom. The molecule has 1 aromatic heterocycles. The van der Waals surface area contributed by atoms with Crippen LogP contribution >= 0.6 is 46.1 Å². The fraction of sp³-hybridized carbons (Fsp3) is 0.250. The molecule has 0 saturated carbocycles. The molecule has 0 unspecified atom stereocenters. The lowest BCUT2D eigenvalue weighted by atomic mass is 10.1. The van der Waals surface area contributed by atoms with Gasteiger partial charge in [-0.15, -0.1) is 11.3 Å². The minimum absolute atomic E-state index is 0.217. The molecule has 0 aliphatic carbocycles. The fourth-order valence-corrected chi connectivity index (χ4v) is 7.08. The van der Waals surface area contributed by atoms with Crippen LogP contribution in [0.15, 0.2) is 52.7 Å². The summed E-state index contributed by atoms with van der Waals surface area (Å²) in [6.07, 6.45) is 1.06. The third-order valence-electron chi connectivity index (χ3n) is 4.99. The Hall–Kier alpha value is -1.31. The Kier molecular flexibility index (Phi) is 6.09. The minimum atomic E-state index is -3.45. The largest absolute Gasteiger partial charge is 0.348 e. The molecule has 3 aromatic rings. The van der Waals surface area contributed by atoms with Crippen LogP contribution in [0.4, 0.5) is 5.13 Å². The van der Waals surface area contributed by atoms with Gasteiger partial charge >= 0.3 is 0 Å². The molecule has 9 heteroatoms. The number of thiazole rings is 1. The molecular formula is C20H17Cl3N2O2S2. The van der Waals surface area contributed by atoms with E-state index >= 15 is 0 Å². The van der Waals surface area contributed by atoms with Crippen molar-refractivity contribution < 1.29 is 8.42 Å². The molecule has 0 radical (unpaired) electrons. The van der Waals surface area contributed by atoms with Crippen LogP contribution in [0, 0.1) is 0 Å². The summed E-state index contributed by atoms with van der Waals surface area (Å²) < 4.78 is 25.9. The first-order valence-electron chi connectivity index (χ1n) is 9.00. The summed E-state index contributed by atoms with van der Waals surface area (Å²) in [4.78, 5) is 7.04. The van der Waals surface area contributed by atoms with Crippen molar-refractivity contribution in [3.05, 3.63) is 62.9 Å². The van der Waals surface area contributed by atoms with Crippen molar-refractivity contribution in [3.63, 3.8) is 0 Å². The van der Waals surface area contributed by atoms with E-state index in [9.17, 15) is 8.42 Å². The van der Waals surface area contributed by atoms with Crippen LogP contribution in [0.2, 0.25) is 15.1 Å². The van der Waals surface area contributed by atoms with Gasteiger partial charge in [-0.25, -0.2) is 13.4 Å². The maximum atomic E-state index is 13.0. The van der Waals surface area contributed by atoms with Crippen LogP contribution in [0.25, 0.3) is 11.3 Å². The molecule has 29 heavy (non-hydrogen) atoms. The number of benzene rings is 2. The molecule has 4 nitrogen and oxygen atoms in total. The van der Waals surface area contributed by atoms with E-state index in [0.29, 0.717) is 36.0 Å². The summed E-state index contributed by atoms with van der Waals surface area (Å²) in [5, 5.41) is 3.79. The Morgan fingerprint density at radius 2 is 1.72 bits per heavy atom. The number of nitrogens with zero attached hydrogens (tertiary/aromatic N) is 2. The lowest BCUT2D eigenvalue weighted by Gasteiger charge is -2.31. The van der Waals surface area contributed by atoms with E-state index in [1.165, 1.54) is 11.3 Å². The van der Waals surface area contributed by atoms with Crippen LogP contribution in [0.5, 0.6) is 0 Å². The van der Waals surface area contributed by atoms with Gasteiger partial charge in [-0.3, -0.25) is 0 Å². The fourth-order valence-electron chi connectivity index (χ4n) is 3.44. The molecule has 2 heterocycles. The van der Waals surface area contributed by atoms with E-state index in [-0.39, 0.29) is 9.92 Å². The predicted octanol–water partition coefficient (Wildman–Crippen LogP) is 6.21. The summed E-state index contributed by atoms with van der Waals surface area (Å²) in [7, 11) is -3.45. The number of anilines is 1. The van der Waals surface area contributed by atoms with E-state index in [2.05, 4.69) is 4.90 Å². The molecule has 152 valence electrons. The van der Waals surface area contributed by atoms with Gasteiger partial charge in [-0.1, -0.05) is 46.9 Å². The average Bonchev–Trinajstić information content (AvgIpc) is 3.18. The molecule has 1 aliphatic heterocycles. The molecule has 0 N–H and O–H groups in total. The van der Waals surface area contributed by atoms with E-state index in [1.807, 2.05) is 11.4 Å². The normalized spacial score (nSPS) is 15.6. The number of rotatable bonds is 4. The highest BCUT2D eigenvalue weighted by molar-refractivity contribution is 7.92. The Labute approximate surface area is 189 Å². The molecule has 2 aromatic carbocycles. The summed E-state index contributed by atoms with van der Waals surface area (Å²) in [5.74, 6) is 0. The highest BCUT2D eigenvalue weighted by Crippen LogP contribution is 2.35. The van der Waals surface area contributed by atoms with Crippen LogP contribution in [-0.4, -0.2) is 31.7 Å². The second kappa shape index (κ2) is 8.44. The third kappa shape index (κ3) is 4.28. The van der Waals surface area contributed by atoms with Crippen LogP contribution < -0.4 is 4.90 Å². The number of hydrogen-bond acceptors (Lipinski definition) is 5. The van der Waals surface area contributed by atoms with Gasteiger partial charge in [0, 0.05) is 29.1 Å². The monoisotopic (exact) mass is 486 g/mol. The number of halogens is 3. The highest BCUT2D eigenvalue weighted by Gasteiger charge is 2.33. The summed E-state index contributed by atoms with van der Waals surface area (Å²) in [6.45, 7) is 1.24. The van der Waals surface area contributed by atoms with Gasteiger partial charge in [0.2, 0.25) is 0 Å². The van der Waals surface area contributed by atoms with Crippen molar-refractivity contribution in [2.75, 3.05) is 18.0 Å². The predicted molar refractivity (Wildman–Crippen MR) is 121 cm³/mol. The van der Waals surface area contributed by atoms with Gasteiger partial charge in [-0.05, 0) is 43.2 Å². The molecule has 0 amide bonds. The van der Waals surface area contributed by atoms with Gasteiger partial charge in [-0.2, -0.15) is 0 Å². The maximum absolute atomic E-state index is 13.0. The molecule has 1 saturated heterocycles. The summed E-state index contributed by atoms with van der Waals surface area (Å²) >= 11 is 19.9. The Bertz CT molecular complexity index is 1140. The highest BCUT2D eigenvalue weighted by atomic mass is 35.5. The first-order valence-corrected chi connectivity index (χ1v) is 12.6. The lowest BCUT2D eigenvalue weighted by Crippen LogP contribution is -2.39. The van der Waals surface area contributed by atoms with Gasteiger partial charge in [0.25, 0.3) is 0 Å². The number of sulfone groups is 1. The second-order valence-corrected chi connectivity index (χ2v) is 11.1. The van der Waals surface area contributed by atoms with Crippen LogP contribution in [-0.2, 0) is 9.84 Å². The SMILES string of the molecule is O=S(=O)(c1ccccc1Cl)C1CCN(c2nc(-c3ccc(Cl)cc3Cl)cs2)CC1. The zero-order valence-electron chi connectivity index (χ0n) is 15.2. The van der Waals surface area contributed by atoms with Gasteiger partial charge in [0.15, 0.2) is 15.0 Å². The average molecular weight is 488 g/mol. The number of piperidine rings is 1. The van der Waals surface area contributed by atoms with Crippen LogP contribution in [0.3, 0.4) is 0 Å². The Balaban J connectivity index is 1.48. The van der Waals surface area contributed by atoms with Crippen molar-refractivity contribution in [2.45, 2.75) is 23.0 Å². The summed E-state index contributed by atoms with van der Waals surface area (Å²) in [5.41, 5.74) is 1.62. The first kappa shape index (κ1) is 20.9. The van der Waals surface area contributed by atoms with Crippen molar-refractivity contribution in [1.29, 1.82) is 0 Å². The van der Waals surface area contributed by atoms with Gasteiger partial charge in [0.1, 0.15) is 0 Å². The molecule has 1 aliphatic rings. The second-order valence-electron chi connectivity index (χ2n) is 6.80. The zero-order valence-corrected chi connectivity index (χ0v) is 19.1. The third-order valence-corrected chi connectivity index (χ3v) is 9.20. The lowest BCUT2D eigenvalue weighted by molar-refractivity contribution is 0.529. The van der Waals surface area contributed by atoms with Gasteiger partial charge < -0.3 is 4.90 Å². The maximum Gasteiger partial charge on any atom is 0.185 e. The summed E-state index contributed by atoms with van der Waals surface area (Å²) in [6, 6.07) is 12.0. The van der Waals surface area contributed by atoms with Crippen molar-refractivity contribution in [1.82, 2.24) is 4.98 Å². The van der Waals surface area contributed by atoms with E-state index < -0.39 is 15.1 Å². The molecule has 4 rings (SSSR count). The van der Waals surface area contributed by atoms with E-state index in [1.54, 1.807) is 36.4 Å². The van der Waals surface area contributed by atoms with Gasteiger partial charge in [0.05, 0.1) is 25.9 Å². The molecule has 0 bridgehead atoms. The molecule has 0 spiro atoms. The number of hydrogen-bond donors (Lipinski definition) is 0. The minimum Gasteiger partial charge on any atom is -0.348 e. The van der Waals surface area contributed by atoms with E-state index in [4.69, 9.17) is 39.8 Å². The quantitative estimate of drug-likeness (QED) is 0.439. The van der Waals surface area contributed by atoms with Crippen molar-refractivity contribution >= 4 is 61.1 Å².